The molecule has 24 heavy (non-hydrogen) atoms. The van der Waals surface area contributed by atoms with Crippen LogP contribution in [0.2, 0.25) is 5.02 Å². The van der Waals surface area contributed by atoms with E-state index in [4.69, 9.17) is 11.6 Å². The molecule has 0 atom stereocenters. The van der Waals surface area contributed by atoms with E-state index in [1.54, 1.807) is 6.07 Å². The van der Waals surface area contributed by atoms with E-state index in [-0.39, 0.29) is 10.8 Å². The smallest absolute Gasteiger partial charge is 0.159 e. The Labute approximate surface area is 148 Å². The third-order valence-corrected chi connectivity index (χ3v) is 4.97. The largest absolute Gasteiger partial charge is 0.204 e. The van der Waals surface area contributed by atoms with Crippen LogP contribution in [-0.4, -0.2) is 0 Å². The minimum Gasteiger partial charge on any atom is -0.204 e. The van der Waals surface area contributed by atoms with Crippen LogP contribution in [0.15, 0.2) is 42.5 Å². The first-order valence-electron chi connectivity index (χ1n) is 8.29. The summed E-state index contributed by atoms with van der Waals surface area (Å²) in [4.78, 5) is 0. The van der Waals surface area contributed by atoms with Gasteiger partial charge in [-0.3, -0.25) is 0 Å². The van der Waals surface area contributed by atoms with Crippen LogP contribution in [0.5, 0.6) is 0 Å². The zero-order valence-electron chi connectivity index (χ0n) is 14.8. The van der Waals surface area contributed by atoms with Crippen LogP contribution in [0.4, 0.5) is 8.78 Å². The van der Waals surface area contributed by atoms with Crippen LogP contribution in [0.1, 0.15) is 51.7 Å². The van der Waals surface area contributed by atoms with Gasteiger partial charge in [-0.2, -0.15) is 0 Å². The molecule has 0 aromatic heterocycles. The van der Waals surface area contributed by atoms with Gasteiger partial charge in [-0.05, 0) is 65.5 Å². The average Bonchev–Trinajstić information content (AvgIpc) is 2.49. The van der Waals surface area contributed by atoms with Gasteiger partial charge in [0.25, 0.3) is 0 Å². The predicted molar refractivity (Wildman–Crippen MR) is 97.6 cm³/mol. The number of rotatable bonds is 6. The molecule has 0 radical (unpaired) electrons. The molecule has 0 saturated carbocycles. The molecule has 0 N–H and O–H groups in total. The standard InChI is InChI=1S/C21H25ClF2/c1-20(2,14-15-5-10-18(23)19(24)13-15)11-12-21(3,4)16-6-8-17(22)9-7-16/h5-10,13H,11-12,14H2,1-4H3. The van der Waals surface area contributed by atoms with E-state index in [1.165, 1.54) is 17.7 Å². The lowest BCUT2D eigenvalue weighted by Crippen LogP contribution is -2.23. The van der Waals surface area contributed by atoms with Crippen LogP contribution >= 0.6 is 11.6 Å². The van der Waals surface area contributed by atoms with Gasteiger partial charge in [0.2, 0.25) is 0 Å². The molecule has 2 aromatic rings. The topological polar surface area (TPSA) is 0 Å². The summed E-state index contributed by atoms with van der Waals surface area (Å²) in [6.07, 6.45) is 2.72. The number of halogens is 3. The third-order valence-electron chi connectivity index (χ3n) is 4.72. The van der Waals surface area contributed by atoms with Crippen LogP contribution in [0.25, 0.3) is 0 Å². The fourth-order valence-corrected chi connectivity index (χ4v) is 3.11. The molecule has 0 bridgehead atoms. The Hall–Kier alpha value is -1.41. The predicted octanol–water partition coefficient (Wildman–Crippen LogP) is 6.94. The summed E-state index contributed by atoms with van der Waals surface area (Å²) >= 11 is 5.97. The molecule has 0 spiro atoms. The summed E-state index contributed by atoms with van der Waals surface area (Å²) < 4.78 is 26.5. The van der Waals surface area contributed by atoms with E-state index >= 15 is 0 Å². The van der Waals surface area contributed by atoms with Gasteiger partial charge in [0.05, 0.1) is 0 Å². The molecule has 0 aliphatic heterocycles. The normalized spacial score (nSPS) is 12.5. The summed E-state index contributed by atoms with van der Waals surface area (Å²) in [6.45, 7) is 8.80. The van der Waals surface area contributed by atoms with Gasteiger partial charge in [-0.25, -0.2) is 8.78 Å². The van der Waals surface area contributed by atoms with Crippen molar-refractivity contribution in [1.82, 2.24) is 0 Å². The summed E-state index contributed by atoms with van der Waals surface area (Å²) in [6, 6.07) is 12.2. The summed E-state index contributed by atoms with van der Waals surface area (Å²) in [5.41, 5.74) is 2.14. The van der Waals surface area contributed by atoms with Crippen molar-refractivity contribution >= 4 is 11.6 Å². The van der Waals surface area contributed by atoms with Crippen molar-refractivity contribution in [3.63, 3.8) is 0 Å². The SMILES string of the molecule is CC(C)(CCC(C)(C)c1ccc(Cl)cc1)Cc1ccc(F)c(F)c1. The third kappa shape index (κ3) is 5.04. The second-order valence-electron chi connectivity index (χ2n) is 7.98. The fraction of sp³-hybridized carbons (Fsp3) is 0.429. The van der Waals surface area contributed by atoms with Crippen molar-refractivity contribution in [2.75, 3.05) is 0 Å². The second kappa shape index (κ2) is 7.23. The summed E-state index contributed by atoms with van der Waals surface area (Å²) in [7, 11) is 0. The van der Waals surface area contributed by atoms with Crippen LogP contribution in [-0.2, 0) is 11.8 Å². The van der Waals surface area contributed by atoms with Crippen LogP contribution in [0.3, 0.4) is 0 Å². The Bertz CT molecular complexity index is 687. The van der Waals surface area contributed by atoms with Crippen molar-refractivity contribution in [3.8, 4) is 0 Å². The molecule has 2 aromatic carbocycles. The van der Waals surface area contributed by atoms with Gasteiger partial charge in [-0.1, -0.05) is 57.5 Å². The molecule has 130 valence electrons. The van der Waals surface area contributed by atoms with Crippen molar-refractivity contribution in [2.45, 2.75) is 52.4 Å². The lowest BCUT2D eigenvalue weighted by atomic mass is 9.73. The number of hydrogen-bond acceptors (Lipinski definition) is 0. The van der Waals surface area contributed by atoms with E-state index in [0.29, 0.717) is 0 Å². The zero-order valence-corrected chi connectivity index (χ0v) is 15.6. The van der Waals surface area contributed by atoms with E-state index in [2.05, 4.69) is 39.8 Å². The van der Waals surface area contributed by atoms with Gasteiger partial charge in [0.15, 0.2) is 11.6 Å². The van der Waals surface area contributed by atoms with E-state index < -0.39 is 11.6 Å². The van der Waals surface area contributed by atoms with Gasteiger partial charge >= 0.3 is 0 Å². The maximum atomic E-state index is 13.4. The second-order valence-corrected chi connectivity index (χ2v) is 8.42. The minimum atomic E-state index is -0.791. The Morgan fingerprint density at radius 2 is 1.46 bits per heavy atom. The quantitative estimate of drug-likeness (QED) is 0.529. The molecule has 0 nitrogen and oxygen atoms in total. The lowest BCUT2D eigenvalue weighted by molar-refractivity contribution is 0.284. The highest BCUT2D eigenvalue weighted by Gasteiger charge is 2.26. The van der Waals surface area contributed by atoms with Gasteiger partial charge in [0.1, 0.15) is 0 Å². The zero-order chi connectivity index (χ0) is 18.0. The highest BCUT2D eigenvalue weighted by atomic mass is 35.5. The fourth-order valence-electron chi connectivity index (χ4n) is 2.99. The Morgan fingerprint density at radius 3 is 2.04 bits per heavy atom. The van der Waals surface area contributed by atoms with E-state index in [0.717, 1.165) is 29.8 Å². The molecule has 0 heterocycles. The first-order chi connectivity index (χ1) is 11.1. The van der Waals surface area contributed by atoms with E-state index in [9.17, 15) is 8.78 Å². The van der Waals surface area contributed by atoms with Crippen molar-refractivity contribution in [3.05, 3.63) is 70.2 Å². The Morgan fingerprint density at radius 1 is 0.833 bits per heavy atom. The Balaban J connectivity index is 2.02. The molecule has 0 saturated heterocycles. The van der Waals surface area contributed by atoms with Gasteiger partial charge < -0.3 is 0 Å². The van der Waals surface area contributed by atoms with Crippen molar-refractivity contribution in [2.24, 2.45) is 5.41 Å². The monoisotopic (exact) mass is 350 g/mol. The minimum absolute atomic E-state index is 0.00790. The van der Waals surface area contributed by atoms with Gasteiger partial charge in [0, 0.05) is 5.02 Å². The molecule has 3 heteroatoms. The number of hydrogen-bond donors (Lipinski definition) is 0. The Kier molecular flexibility index (Phi) is 5.70. The van der Waals surface area contributed by atoms with Crippen molar-refractivity contribution < 1.29 is 8.78 Å². The molecular weight excluding hydrogens is 326 g/mol. The maximum Gasteiger partial charge on any atom is 0.159 e. The molecule has 0 aliphatic rings. The molecule has 0 amide bonds. The first-order valence-corrected chi connectivity index (χ1v) is 8.67. The van der Waals surface area contributed by atoms with Crippen LogP contribution < -0.4 is 0 Å². The molecular formula is C21H25ClF2. The van der Waals surface area contributed by atoms with Crippen LogP contribution in [0, 0.1) is 17.0 Å². The van der Waals surface area contributed by atoms with E-state index in [1.807, 2.05) is 12.1 Å². The summed E-state index contributed by atoms with van der Waals surface area (Å²) in [5, 5.41) is 0.744. The molecule has 0 aliphatic carbocycles. The maximum absolute atomic E-state index is 13.4. The molecule has 2 rings (SSSR count). The van der Waals surface area contributed by atoms with Crippen molar-refractivity contribution in [1.29, 1.82) is 0 Å². The van der Waals surface area contributed by atoms with Gasteiger partial charge in [-0.15, -0.1) is 0 Å². The molecule has 0 fully saturated rings. The summed E-state index contributed by atoms with van der Waals surface area (Å²) in [5.74, 6) is -1.56. The average molecular weight is 351 g/mol. The number of benzene rings is 2. The highest BCUT2D eigenvalue weighted by molar-refractivity contribution is 6.30. The highest BCUT2D eigenvalue weighted by Crippen LogP contribution is 2.36. The molecule has 0 unspecified atom stereocenters. The lowest BCUT2D eigenvalue weighted by Gasteiger charge is -2.32. The first kappa shape index (κ1) is 18.9.